The molecule has 3 aromatic carbocycles. The number of anilines is 2. The van der Waals surface area contributed by atoms with Gasteiger partial charge in [-0.05, 0) is 73.5 Å². The molecule has 8 heteroatoms. The summed E-state index contributed by atoms with van der Waals surface area (Å²) in [6, 6.07) is 20.2. The van der Waals surface area contributed by atoms with Gasteiger partial charge in [0, 0.05) is 77.8 Å². The van der Waals surface area contributed by atoms with Crippen molar-refractivity contribution in [2.75, 3.05) is 61.4 Å². The van der Waals surface area contributed by atoms with Gasteiger partial charge < -0.3 is 15.1 Å². The molecule has 0 radical (unpaired) electrons. The Hall–Kier alpha value is -2.38. The second-order valence-electron chi connectivity index (χ2n) is 9.95. The predicted molar refractivity (Wildman–Crippen MR) is 161 cm³/mol. The molecule has 38 heavy (non-hydrogen) atoms. The lowest BCUT2D eigenvalue weighted by Gasteiger charge is -2.37. The molecule has 0 unspecified atom stereocenters. The number of carbonyl (C=O) groups is 1. The van der Waals surface area contributed by atoms with Gasteiger partial charge in [0.05, 0.1) is 5.69 Å². The summed E-state index contributed by atoms with van der Waals surface area (Å²) in [5.74, 6) is 1.04. The molecule has 0 aromatic heterocycles. The van der Waals surface area contributed by atoms with E-state index in [-0.39, 0.29) is 5.91 Å². The lowest BCUT2D eigenvalue weighted by atomic mass is 10.1. The van der Waals surface area contributed by atoms with Crippen LogP contribution in [0.4, 0.5) is 11.4 Å². The van der Waals surface area contributed by atoms with Crippen molar-refractivity contribution in [3.63, 3.8) is 0 Å². The lowest BCUT2D eigenvalue weighted by molar-refractivity contribution is 0.0951. The van der Waals surface area contributed by atoms with E-state index in [9.17, 15) is 4.79 Å². The predicted octanol–water partition coefficient (Wildman–Crippen LogP) is 6.36. The van der Waals surface area contributed by atoms with Crippen LogP contribution in [-0.2, 0) is 6.54 Å². The van der Waals surface area contributed by atoms with E-state index in [1.807, 2.05) is 42.1 Å². The van der Waals surface area contributed by atoms with Gasteiger partial charge >= 0.3 is 0 Å². The van der Waals surface area contributed by atoms with Gasteiger partial charge in [-0.3, -0.25) is 9.69 Å². The van der Waals surface area contributed by atoms with Gasteiger partial charge in [-0.15, -0.1) is 11.8 Å². The van der Waals surface area contributed by atoms with E-state index >= 15 is 0 Å². The minimum Gasteiger partial charge on any atom is -0.369 e. The molecule has 0 saturated carbocycles. The number of halogens is 2. The molecule has 1 amide bonds. The first-order chi connectivity index (χ1) is 18.5. The molecule has 1 N–H and O–H groups in total. The molecule has 5 rings (SSSR count). The van der Waals surface area contributed by atoms with Crippen LogP contribution in [0.3, 0.4) is 0 Å². The van der Waals surface area contributed by atoms with E-state index in [1.54, 1.807) is 0 Å². The molecule has 0 spiro atoms. The monoisotopic (exact) mass is 568 g/mol. The fourth-order valence-electron chi connectivity index (χ4n) is 5.13. The van der Waals surface area contributed by atoms with E-state index < -0.39 is 0 Å². The fourth-order valence-corrected chi connectivity index (χ4v) is 6.45. The Balaban J connectivity index is 1.09. The SMILES string of the molecule is Cc1ccc(Cl)cc1N1CCN(CCCNC(=O)c2ccc3c(c2)N(Cc2ccc(Cl)cc2)CCS3)CC1. The molecule has 2 heterocycles. The van der Waals surface area contributed by atoms with Crippen LogP contribution in [0, 0.1) is 6.92 Å². The molecule has 5 nitrogen and oxygen atoms in total. The summed E-state index contributed by atoms with van der Waals surface area (Å²) < 4.78 is 0. The van der Waals surface area contributed by atoms with E-state index in [1.165, 1.54) is 21.7 Å². The summed E-state index contributed by atoms with van der Waals surface area (Å²) in [4.78, 5) is 21.4. The molecule has 2 aliphatic heterocycles. The van der Waals surface area contributed by atoms with Crippen LogP contribution in [0.2, 0.25) is 10.0 Å². The maximum absolute atomic E-state index is 13.0. The number of hydrogen-bond donors (Lipinski definition) is 1. The highest BCUT2D eigenvalue weighted by Crippen LogP contribution is 2.36. The quantitative estimate of drug-likeness (QED) is 0.320. The Morgan fingerprint density at radius 3 is 2.45 bits per heavy atom. The average Bonchev–Trinajstić information content (AvgIpc) is 2.94. The number of fused-ring (bicyclic) bond motifs is 1. The second kappa shape index (κ2) is 12.6. The Kier molecular flexibility index (Phi) is 9.05. The van der Waals surface area contributed by atoms with Crippen LogP contribution in [0.1, 0.15) is 27.9 Å². The number of rotatable bonds is 8. The van der Waals surface area contributed by atoms with Gasteiger partial charge in [-0.1, -0.05) is 41.4 Å². The summed E-state index contributed by atoms with van der Waals surface area (Å²) in [6.45, 7) is 9.58. The fraction of sp³-hybridized carbons (Fsp3) is 0.367. The van der Waals surface area contributed by atoms with E-state index in [0.29, 0.717) is 6.54 Å². The smallest absolute Gasteiger partial charge is 0.251 e. The summed E-state index contributed by atoms with van der Waals surface area (Å²) in [5.41, 5.74) is 5.57. The number of amides is 1. The van der Waals surface area contributed by atoms with Crippen molar-refractivity contribution in [3.8, 4) is 0 Å². The standard InChI is InChI=1S/C30H34Cl2N4OS/c1-22-3-7-26(32)20-27(22)35-15-13-34(14-16-35)12-2-11-33-30(37)24-6-10-29-28(19-24)36(17-18-38-29)21-23-4-8-25(31)9-5-23/h3-10,19-20H,2,11-18,21H2,1H3,(H,33,37). The lowest BCUT2D eigenvalue weighted by Crippen LogP contribution is -2.47. The molecular formula is C30H34Cl2N4OS. The molecular weight excluding hydrogens is 535 g/mol. The summed E-state index contributed by atoms with van der Waals surface area (Å²) in [6.07, 6.45) is 0.936. The number of nitrogens with zero attached hydrogens (tertiary/aromatic N) is 3. The second-order valence-corrected chi connectivity index (χ2v) is 12.0. The highest BCUT2D eigenvalue weighted by molar-refractivity contribution is 7.99. The maximum Gasteiger partial charge on any atom is 0.251 e. The summed E-state index contributed by atoms with van der Waals surface area (Å²) in [7, 11) is 0. The first-order valence-corrected chi connectivity index (χ1v) is 15.0. The van der Waals surface area contributed by atoms with Crippen LogP contribution >= 0.6 is 35.0 Å². The van der Waals surface area contributed by atoms with Crippen molar-refractivity contribution in [1.29, 1.82) is 0 Å². The van der Waals surface area contributed by atoms with Gasteiger partial charge in [0.25, 0.3) is 5.91 Å². The number of carbonyl (C=O) groups excluding carboxylic acids is 1. The number of benzene rings is 3. The van der Waals surface area contributed by atoms with E-state index in [4.69, 9.17) is 23.2 Å². The third-order valence-corrected chi connectivity index (χ3v) is 8.82. The van der Waals surface area contributed by atoms with Crippen molar-refractivity contribution in [2.45, 2.75) is 24.8 Å². The first-order valence-electron chi connectivity index (χ1n) is 13.2. The van der Waals surface area contributed by atoms with Crippen LogP contribution in [-0.4, -0.2) is 62.4 Å². The molecule has 3 aromatic rings. The van der Waals surface area contributed by atoms with Crippen LogP contribution in [0.15, 0.2) is 65.6 Å². The number of aryl methyl sites for hydroxylation is 1. The highest BCUT2D eigenvalue weighted by atomic mass is 35.5. The summed E-state index contributed by atoms with van der Waals surface area (Å²) in [5, 5.41) is 4.67. The van der Waals surface area contributed by atoms with Gasteiger partial charge in [0.15, 0.2) is 0 Å². The van der Waals surface area contributed by atoms with Gasteiger partial charge in [-0.2, -0.15) is 0 Å². The normalized spacial score (nSPS) is 15.9. The Morgan fingerprint density at radius 2 is 1.66 bits per heavy atom. The zero-order chi connectivity index (χ0) is 26.5. The van der Waals surface area contributed by atoms with Crippen LogP contribution < -0.4 is 15.1 Å². The average molecular weight is 570 g/mol. The largest absolute Gasteiger partial charge is 0.369 e. The third-order valence-electron chi connectivity index (χ3n) is 7.29. The number of nitrogens with one attached hydrogen (secondary N) is 1. The number of piperazine rings is 1. The van der Waals surface area contributed by atoms with Crippen molar-refractivity contribution in [2.24, 2.45) is 0 Å². The zero-order valence-electron chi connectivity index (χ0n) is 21.8. The minimum atomic E-state index is -0.00364. The Labute approximate surface area is 240 Å². The van der Waals surface area contributed by atoms with Gasteiger partial charge in [0.1, 0.15) is 0 Å². The molecule has 200 valence electrons. The van der Waals surface area contributed by atoms with Crippen molar-refractivity contribution >= 4 is 52.2 Å². The Bertz CT molecular complexity index is 1260. The van der Waals surface area contributed by atoms with Crippen molar-refractivity contribution in [3.05, 3.63) is 87.4 Å². The Morgan fingerprint density at radius 1 is 0.895 bits per heavy atom. The van der Waals surface area contributed by atoms with Crippen LogP contribution in [0.5, 0.6) is 0 Å². The number of hydrogen-bond acceptors (Lipinski definition) is 5. The first kappa shape index (κ1) is 27.2. The zero-order valence-corrected chi connectivity index (χ0v) is 24.1. The molecule has 0 bridgehead atoms. The molecule has 1 fully saturated rings. The van der Waals surface area contributed by atoms with E-state index in [2.05, 4.69) is 57.3 Å². The topological polar surface area (TPSA) is 38.8 Å². The molecule has 0 atom stereocenters. The number of thioether (sulfide) groups is 1. The van der Waals surface area contributed by atoms with Crippen LogP contribution in [0.25, 0.3) is 0 Å². The van der Waals surface area contributed by atoms with Gasteiger partial charge in [0.2, 0.25) is 0 Å². The molecule has 1 saturated heterocycles. The molecule has 0 aliphatic carbocycles. The molecule has 2 aliphatic rings. The van der Waals surface area contributed by atoms with Crippen molar-refractivity contribution < 1.29 is 4.79 Å². The summed E-state index contributed by atoms with van der Waals surface area (Å²) >= 11 is 14.1. The van der Waals surface area contributed by atoms with Gasteiger partial charge in [-0.25, -0.2) is 0 Å². The van der Waals surface area contributed by atoms with E-state index in [0.717, 1.165) is 79.3 Å². The van der Waals surface area contributed by atoms with Crippen molar-refractivity contribution in [1.82, 2.24) is 10.2 Å². The third kappa shape index (κ3) is 6.78. The maximum atomic E-state index is 13.0. The minimum absolute atomic E-state index is 0.00364. The highest BCUT2D eigenvalue weighted by Gasteiger charge is 2.21.